The van der Waals surface area contributed by atoms with E-state index in [0.29, 0.717) is 0 Å². The zero-order valence-corrected chi connectivity index (χ0v) is 13.8. The van der Waals surface area contributed by atoms with Gasteiger partial charge in [0.2, 0.25) is 0 Å². The first-order chi connectivity index (χ1) is 9.19. The Morgan fingerprint density at radius 2 is 2.05 bits per heavy atom. The van der Waals surface area contributed by atoms with E-state index in [-0.39, 0.29) is 18.6 Å². The number of carbonyl (C=O) groups excluding carboxylic acids is 1. The van der Waals surface area contributed by atoms with Gasteiger partial charge in [-0.15, -0.1) is 0 Å². The molecule has 0 radical (unpaired) electrons. The van der Waals surface area contributed by atoms with Crippen molar-refractivity contribution in [3.05, 3.63) is 33.8 Å². The minimum absolute atomic E-state index is 0.0133. The van der Waals surface area contributed by atoms with Crippen LogP contribution >= 0.6 is 15.9 Å². The number of rotatable bonds is 2. The average Bonchev–Trinajstić information content (AvgIpc) is 2.52. The third-order valence-corrected chi connectivity index (χ3v) is 3.81. The molecule has 1 aliphatic heterocycles. The molecule has 0 spiro atoms. The summed E-state index contributed by atoms with van der Waals surface area (Å²) in [6.45, 7) is 7.56. The maximum Gasteiger partial charge on any atom is 0.320 e. The highest BCUT2D eigenvalue weighted by Gasteiger charge is 2.36. The zero-order chi connectivity index (χ0) is 15.1. The third kappa shape index (κ3) is 3.22. The highest BCUT2D eigenvalue weighted by molar-refractivity contribution is 9.10. The van der Waals surface area contributed by atoms with E-state index in [0.717, 1.165) is 15.6 Å². The molecule has 0 saturated heterocycles. The van der Waals surface area contributed by atoms with Crippen molar-refractivity contribution >= 4 is 21.9 Å². The average molecular weight is 342 g/mol. The number of hydrogen-bond donors (Lipinski definition) is 1. The summed E-state index contributed by atoms with van der Waals surface area (Å²) in [4.78, 5) is 13.7. The summed E-state index contributed by atoms with van der Waals surface area (Å²) < 4.78 is 6.24. The molecule has 1 N–H and O–H groups in total. The van der Waals surface area contributed by atoms with Gasteiger partial charge in [0.25, 0.3) is 0 Å². The van der Waals surface area contributed by atoms with Crippen molar-refractivity contribution in [1.29, 1.82) is 0 Å². The van der Waals surface area contributed by atoms with Gasteiger partial charge >= 0.3 is 5.97 Å². The first-order valence-electron chi connectivity index (χ1n) is 6.64. The van der Waals surface area contributed by atoms with Crippen LogP contribution in [-0.2, 0) is 9.53 Å². The second-order valence-electron chi connectivity index (χ2n) is 6.08. The Morgan fingerprint density at radius 1 is 1.40 bits per heavy atom. The number of halogens is 1. The minimum Gasteiger partial charge on any atom is -0.459 e. The number of carbonyl (C=O) groups is 1. The van der Waals surface area contributed by atoms with Crippen LogP contribution in [-0.4, -0.2) is 28.1 Å². The topological polar surface area (TPSA) is 49.8 Å². The third-order valence-electron chi connectivity index (χ3n) is 3.32. The van der Waals surface area contributed by atoms with Crippen molar-refractivity contribution in [3.63, 3.8) is 0 Å². The van der Waals surface area contributed by atoms with E-state index in [1.165, 1.54) is 0 Å². The van der Waals surface area contributed by atoms with E-state index in [4.69, 9.17) is 4.74 Å². The molecule has 0 bridgehead atoms. The number of ether oxygens (including phenoxy) is 1. The van der Waals surface area contributed by atoms with Gasteiger partial charge in [-0.25, -0.2) is 0 Å². The van der Waals surface area contributed by atoms with Gasteiger partial charge in [0, 0.05) is 16.1 Å². The van der Waals surface area contributed by atoms with Gasteiger partial charge in [-0.1, -0.05) is 22.0 Å². The Labute approximate surface area is 127 Å². The van der Waals surface area contributed by atoms with Gasteiger partial charge in [-0.05, 0) is 45.4 Å². The molecule has 2 unspecified atom stereocenters. The Balaban J connectivity index is 2.14. The first kappa shape index (κ1) is 15.5. The van der Waals surface area contributed by atoms with Crippen molar-refractivity contribution in [2.45, 2.75) is 45.6 Å². The van der Waals surface area contributed by atoms with E-state index in [2.05, 4.69) is 15.9 Å². The van der Waals surface area contributed by atoms with Crippen LogP contribution in [0, 0.1) is 0 Å². The molecule has 20 heavy (non-hydrogen) atoms. The second-order valence-corrected chi connectivity index (χ2v) is 7.00. The van der Waals surface area contributed by atoms with Crippen molar-refractivity contribution in [1.82, 2.24) is 4.90 Å². The Kier molecular flexibility index (Phi) is 4.23. The second kappa shape index (κ2) is 5.47. The predicted molar refractivity (Wildman–Crippen MR) is 80.1 cm³/mol. The molecule has 110 valence electrons. The Bertz CT molecular complexity index is 524. The van der Waals surface area contributed by atoms with Gasteiger partial charge in [0.05, 0.1) is 6.54 Å². The molecule has 2 rings (SSSR count). The molecule has 2 atom stereocenters. The molecule has 5 heteroatoms. The molecule has 0 aliphatic carbocycles. The summed E-state index contributed by atoms with van der Waals surface area (Å²) in [7, 11) is 0. The van der Waals surface area contributed by atoms with Crippen LogP contribution in [0.15, 0.2) is 22.7 Å². The summed E-state index contributed by atoms with van der Waals surface area (Å²) in [5.74, 6) is -0.324. The molecular formula is C15H20BrNO3. The van der Waals surface area contributed by atoms with Gasteiger partial charge < -0.3 is 9.84 Å². The lowest BCUT2D eigenvalue weighted by molar-refractivity contribution is -0.159. The molecular weight excluding hydrogens is 322 g/mol. The zero-order valence-electron chi connectivity index (χ0n) is 12.2. The number of esters is 1. The van der Waals surface area contributed by atoms with E-state index in [9.17, 15) is 9.90 Å². The molecule has 0 fully saturated rings. The van der Waals surface area contributed by atoms with E-state index < -0.39 is 11.8 Å². The summed E-state index contributed by atoms with van der Waals surface area (Å²) in [5.41, 5.74) is 1.38. The van der Waals surface area contributed by atoms with Crippen LogP contribution < -0.4 is 0 Å². The van der Waals surface area contributed by atoms with Gasteiger partial charge in [0.1, 0.15) is 11.8 Å². The molecule has 1 aromatic carbocycles. The maximum atomic E-state index is 11.9. The van der Waals surface area contributed by atoms with Crippen molar-refractivity contribution in [2.75, 3.05) is 6.54 Å². The van der Waals surface area contributed by atoms with E-state index in [1.54, 1.807) is 4.90 Å². The van der Waals surface area contributed by atoms with Crippen LogP contribution in [0.25, 0.3) is 0 Å². The van der Waals surface area contributed by atoms with Gasteiger partial charge in [-0.3, -0.25) is 9.69 Å². The highest BCUT2D eigenvalue weighted by atomic mass is 79.9. The fourth-order valence-electron chi connectivity index (χ4n) is 2.47. The number of benzene rings is 1. The van der Waals surface area contributed by atoms with Crippen molar-refractivity contribution < 1.29 is 14.6 Å². The summed E-state index contributed by atoms with van der Waals surface area (Å²) in [6.07, 6.45) is -0.773. The maximum absolute atomic E-state index is 11.9. The number of hydrogen-bond acceptors (Lipinski definition) is 4. The SMILES string of the molecule is CC1c2ccc(Br)cc2C(O)N1CC(=O)OC(C)(C)C. The lowest BCUT2D eigenvalue weighted by Crippen LogP contribution is -2.35. The summed E-state index contributed by atoms with van der Waals surface area (Å²) in [5, 5.41) is 10.4. The smallest absolute Gasteiger partial charge is 0.320 e. The Hall–Kier alpha value is -0.910. The van der Waals surface area contributed by atoms with Crippen LogP contribution in [0.1, 0.15) is 51.1 Å². The van der Waals surface area contributed by atoms with Crippen LogP contribution in [0.3, 0.4) is 0 Å². The van der Waals surface area contributed by atoms with Gasteiger partial charge in [-0.2, -0.15) is 0 Å². The van der Waals surface area contributed by atoms with Crippen molar-refractivity contribution in [3.8, 4) is 0 Å². The number of nitrogens with zero attached hydrogens (tertiary/aromatic N) is 1. The number of aliphatic hydroxyl groups excluding tert-OH is 1. The lowest BCUT2D eigenvalue weighted by Gasteiger charge is -2.26. The summed E-state index contributed by atoms with van der Waals surface area (Å²) >= 11 is 3.40. The van der Waals surface area contributed by atoms with Crippen molar-refractivity contribution in [2.24, 2.45) is 0 Å². The van der Waals surface area contributed by atoms with Crippen LogP contribution in [0.5, 0.6) is 0 Å². The lowest BCUT2D eigenvalue weighted by atomic mass is 10.1. The number of aliphatic hydroxyl groups is 1. The first-order valence-corrected chi connectivity index (χ1v) is 7.43. The summed E-state index contributed by atoms with van der Waals surface area (Å²) in [6, 6.07) is 5.80. The fourth-order valence-corrected chi connectivity index (χ4v) is 2.84. The largest absolute Gasteiger partial charge is 0.459 e. The normalized spacial score (nSPS) is 22.7. The molecule has 0 aromatic heterocycles. The molecule has 1 aromatic rings. The van der Waals surface area contributed by atoms with E-state index >= 15 is 0 Å². The Morgan fingerprint density at radius 3 is 2.65 bits per heavy atom. The molecule has 1 heterocycles. The number of fused-ring (bicyclic) bond motifs is 1. The highest BCUT2D eigenvalue weighted by Crippen LogP contribution is 2.41. The molecule has 0 saturated carbocycles. The van der Waals surface area contributed by atoms with E-state index in [1.807, 2.05) is 45.9 Å². The van der Waals surface area contributed by atoms with Crippen LogP contribution in [0.4, 0.5) is 0 Å². The minimum atomic E-state index is -0.773. The standard InChI is InChI=1S/C15H20BrNO3/c1-9-11-6-5-10(16)7-12(11)14(19)17(9)8-13(18)20-15(2,3)4/h5-7,9,14,19H,8H2,1-4H3. The molecule has 0 amide bonds. The fraction of sp³-hybridized carbons (Fsp3) is 0.533. The van der Waals surface area contributed by atoms with Gasteiger partial charge in [0.15, 0.2) is 0 Å². The molecule has 4 nitrogen and oxygen atoms in total. The predicted octanol–water partition coefficient (Wildman–Crippen LogP) is 3.16. The quantitative estimate of drug-likeness (QED) is 0.839. The molecule has 1 aliphatic rings. The van der Waals surface area contributed by atoms with Crippen LogP contribution in [0.2, 0.25) is 0 Å². The monoisotopic (exact) mass is 341 g/mol.